The molecule has 4 nitrogen and oxygen atoms in total. The van der Waals surface area contributed by atoms with Crippen LogP contribution in [0.15, 0.2) is 66.7 Å². The summed E-state index contributed by atoms with van der Waals surface area (Å²) in [4.78, 5) is 4.52. The van der Waals surface area contributed by atoms with Gasteiger partial charge in [-0.3, -0.25) is 4.90 Å². The summed E-state index contributed by atoms with van der Waals surface area (Å²) in [6.07, 6.45) is -0.681. The van der Waals surface area contributed by atoms with Crippen molar-refractivity contribution in [2.45, 2.75) is 12.1 Å². The topological polar surface area (TPSA) is 50.5 Å². The standard InChI is InChI=1S/C25H22Cl3N3O/c26-20-6-4-18(5-7-20)24-15-30(16-25(32)19-3-1-2-17(12-19)14-29)10-11-31(24)23-9-8-21(27)13-22(23)28/h1-9,12-13,24-25,32H,10-11,15-16H2/t24-,25?/m0/s1. The zero-order chi connectivity index (χ0) is 22.7. The molecule has 1 heterocycles. The minimum atomic E-state index is -0.681. The van der Waals surface area contributed by atoms with E-state index in [1.165, 1.54) is 0 Å². The Morgan fingerprint density at radius 1 is 0.969 bits per heavy atom. The van der Waals surface area contributed by atoms with Gasteiger partial charge in [0, 0.05) is 36.2 Å². The van der Waals surface area contributed by atoms with Crippen molar-refractivity contribution < 1.29 is 5.11 Å². The lowest BCUT2D eigenvalue weighted by Crippen LogP contribution is -2.49. The van der Waals surface area contributed by atoms with Crippen LogP contribution in [0, 0.1) is 11.3 Å². The Kier molecular flexibility index (Phi) is 7.25. The van der Waals surface area contributed by atoms with Gasteiger partial charge in [-0.1, -0.05) is 59.1 Å². The molecule has 1 aliphatic rings. The third-order valence-corrected chi connectivity index (χ3v) is 6.56. The van der Waals surface area contributed by atoms with Crippen LogP contribution in [-0.2, 0) is 0 Å². The highest BCUT2D eigenvalue weighted by molar-refractivity contribution is 6.36. The molecule has 0 aliphatic carbocycles. The Morgan fingerprint density at radius 3 is 2.44 bits per heavy atom. The monoisotopic (exact) mass is 485 g/mol. The molecule has 164 valence electrons. The van der Waals surface area contributed by atoms with Crippen LogP contribution in [0.1, 0.15) is 28.8 Å². The van der Waals surface area contributed by atoms with Gasteiger partial charge in [-0.25, -0.2) is 0 Å². The molecule has 4 rings (SSSR count). The number of β-amino-alcohol motifs (C(OH)–C–C–N with tert-alkyl or cyclic N) is 1. The van der Waals surface area contributed by atoms with Crippen LogP contribution in [0.25, 0.3) is 0 Å². The lowest BCUT2D eigenvalue weighted by Gasteiger charge is -2.44. The molecule has 1 N–H and O–H groups in total. The van der Waals surface area contributed by atoms with E-state index in [1.54, 1.807) is 24.3 Å². The van der Waals surface area contributed by atoms with E-state index in [2.05, 4.69) is 15.9 Å². The van der Waals surface area contributed by atoms with E-state index in [-0.39, 0.29) is 6.04 Å². The highest BCUT2D eigenvalue weighted by Gasteiger charge is 2.30. The number of piperazine rings is 1. The molecule has 0 spiro atoms. The maximum atomic E-state index is 10.8. The predicted molar refractivity (Wildman–Crippen MR) is 131 cm³/mol. The van der Waals surface area contributed by atoms with E-state index < -0.39 is 6.10 Å². The maximum absolute atomic E-state index is 10.8. The number of aliphatic hydroxyl groups excluding tert-OH is 1. The molecule has 0 aromatic heterocycles. The van der Waals surface area contributed by atoms with Crippen molar-refractivity contribution in [3.8, 4) is 6.07 Å². The second kappa shape index (κ2) is 10.1. The SMILES string of the molecule is N#Cc1cccc(C(O)CN2CCN(c3ccc(Cl)cc3Cl)[C@H](c3ccc(Cl)cc3)C2)c1. The number of nitrogens with zero attached hydrogens (tertiary/aromatic N) is 3. The van der Waals surface area contributed by atoms with E-state index in [4.69, 9.17) is 40.1 Å². The Morgan fingerprint density at radius 2 is 1.72 bits per heavy atom. The third-order valence-electron chi connectivity index (χ3n) is 5.77. The lowest BCUT2D eigenvalue weighted by molar-refractivity contribution is 0.100. The average Bonchev–Trinajstić information content (AvgIpc) is 2.80. The van der Waals surface area contributed by atoms with Crippen molar-refractivity contribution in [3.63, 3.8) is 0 Å². The largest absolute Gasteiger partial charge is 0.387 e. The summed E-state index contributed by atoms with van der Waals surface area (Å²) in [7, 11) is 0. The van der Waals surface area contributed by atoms with E-state index in [1.807, 2.05) is 42.5 Å². The van der Waals surface area contributed by atoms with Crippen LogP contribution in [0.5, 0.6) is 0 Å². The van der Waals surface area contributed by atoms with E-state index in [9.17, 15) is 5.11 Å². The molecule has 7 heteroatoms. The fraction of sp³-hybridized carbons (Fsp3) is 0.240. The number of aliphatic hydroxyl groups is 1. The third kappa shape index (κ3) is 5.20. The Bertz CT molecular complexity index is 1130. The van der Waals surface area contributed by atoms with Gasteiger partial charge < -0.3 is 10.0 Å². The van der Waals surface area contributed by atoms with E-state index in [0.717, 1.165) is 29.9 Å². The molecule has 1 aliphatic heterocycles. The molecule has 32 heavy (non-hydrogen) atoms. The smallest absolute Gasteiger partial charge is 0.0991 e. The minimum absolute atomic E-state index is 0.0253. The van der Waals surface area contributed by atoms with Crippen LogP contribution in [0.4, 0.5) is 5.69 Å². The minimum Gasteiger partial charge on any atom is -0.387 e. The number of halogens is 3. The molecule has 0 radical (unpaired) electrons. The molecule has 1 unspecified atom stereocenters. The molecule has 2 atom stereocenters. The van der Waals surface area contributed by atoms with E-state index >= 15 is 0 Å². The molecule has 0 amide bonds. The first kappa shape index (κ1) is 22.9. The summed E-state index contributed by atoms with van der Waals surface area (Å²) >= 11 is 18.8. The van der Waals surface area contributed by atoms with Gasteiger partial charge in [0.05, 0.1) is 34.5 Å². The first-order valence-corrected chi connectivity index (χ1v) is 11.5. The average molecular weight is 487 g/mol. The van der Waals surface area contributed by atoms with Crippen molar-refractivity contribution >= 4 is 40.5 Å². The Labute approximate surface area is 203 Å². The van der Waals surface area contributed by atoms with Gasteiger partial charge in [0.15, 0.2) is 0 Å². The van der Waals surface area contributed by atoms with Crippen molar-refractivity contribution in [1.29, 1.82) is 5.26 Å². The molecule has 3 aromatic carbocycles. The second-order valence-electron chi connectivity index (χ2n) is 7.87. The molecule has 0 saturated carbocycles. The summed E-state index contributed by atoms with van der Waals surface area (Å²) in [5.74, 6) is 0. The number of hydrogen-bond donors (Lipinski definition) is 1. The van der Waals surface area contributed by atoms with Gasteiger partial charge in [-0.15, -0.1) is 0 Å². The number of benzene rings is 3. The first-order chi connectivity index (χ1) is 15.4. The number of hydrogen-bond acceptors (Lipinski definition) is 4. The van der Waals surface area contributed by atoms with Crippen molar-refractivity contribution in [2.24, 2.45) is 0 Å². The normalized spacial score (nSPS) is 17.7. The number of rotatable bonds is 5. The molecule has 1 fully saturated rings. The van der Waals surface area contributed by atoms with Gasteiger partial charge >= 0.3 is 0 Å². The number of nitriles is 1. The van der Waals surface area contributed by atoms with Crippen LogP contribution in [0.3, 0.4) is 0 Å². The molecule has 3 aromatic rings. The first-order valence-electron chi connectivity index (χ1n) is 10.3. The van der Waals surface area contributed by atoms with Crippen LogP contribution in [0.2, 0.25) is 15.1 Å². The summed E-state index contributed by atoms with van der Waals surface area (Å²) < 4.78 is 0. The van der Waals surface area contributed by atoms with Gasteiger partial charge in [-0.2, -0.15) is 5.26 Å². The summed E-state index contributed by atoms with van der Waals surface area (Å²) in [5, 5.41) is 21.9. The number of anilines is 1. The van der Waals surface area contributed by atoms with Gasteiger partial charge in [0.2, 0.25) is 0 Å². The van der Waals surface area contributed by atoms with Gasteiger partial charge in [0.25, 0.3) is 0 Å². The van der Waals surface area contributed by atoms with Crippen molar-refractivity contribution in [3.05, 3.63) is 98.5 Å². The summed E-state index contributed by atoms with van der Waals surface area (Å²) in [5.41, 5.74) is 3.34. The zero-order valence-electron chi connectivity index (χ0n) is 17.3. The van der Waals surface area contributed by atoms with Crippen LogP contribution < -0.4 is 4.90 Å². The second-order valence-corrected chi connectivity index (χ2v) is 9.15. The predicted octanol–water partition coefficient (Wildman–Crippen LogP) is 6.12. The maximum Gasteiger partial charge on any atom is 0.0991 e. The quantitative estimate of drug-likeness (QED) is 0.472. The molecular weight excluding hydrogens is 465 g/mol. The van der Waals surface area contributed by atoms with Crippen molar-refractivity contribution in [2.75, 3.05) is 31.1 Å². The van der Waals surface area contributed by atoms with Crippen LogP contribution in [-0.4, -0.2) is 36.2 Å². The Balaban J connectivity index is 1.58. The van der Waals surface area contributed by atoms with Crippen molar-refractivity contribution in [1.82, 2.24) is 4.90 Å². The highest BCUT2D eigenvalue weighted by atomic mass is 35.5. The van der Waals surface area contributed by atoms with Gasteiger partial charge in [0.1, 0.15) is 0 Å². The molecule has 1 saturated heterocycles. The van der Waals surface area contributed by atoms with Gasteiger partial charge in [-0.05, 0) is 53.6 Å². The Hall–Kier alpha value is -2.26. The molecular formula is C25H22Cl3N3O. The fourth-order valence-electron chi connectivity index (χ4n) is 4.14. The summed E-state index contributed by atoms with van der Waals surface area (Å²) in [6, 6.07) is 22.7. The fourth-order valence-corrected chi connectivity index (χ4v) is 4.79. The van der Waals surface area contributed by atoms with Crippen LogP contribution >= 0.6 is 34.8 Å². The lowest BCUT2D eigenvalue weighted by atomic mass is 10.00. The van der Waals surface area contributed by atoms with E-state index in [0.29, 0.717) is 33.7 Å². The molecule has 0 bridgehead atoms. The highest BCUT2D eigenvalue weighted by Crippen LogP contribution is 2.37. The zero-order valence-corrected chi connectivity index (χ0v) is 19.5. The summed E-state index contributed by atoms with van der Waals surface area (Å²) in [6.45, 7) is 2.67.